The first-order valence-electron chi connectivity index (χ1n) is 3.38. The molecule has 72 valence electrons. The van der Waals surface area contributed by atoms with Crippen molar-refractivity contribution in [1.82, 2.24) is 30.0 Å². The largest absolute Gasteiger partial charge is 0.373 e. The van der Waals surface area contributed by atoms with E-state index in [0.717, 1.165) is 9.36 Å². The first-order chi connectivity index (χ1) is 6.70. The third kappa shape index (κ3) is 1.36. The predicted octanol–water partition coefficient (Wildman–Crippen LogP) is 0.693. The summed E-state index contributed by atoms with van der Waals surface area (Å²) in [5.41, 5.74) is 0. The van der Waals surface area contributed by atoms with Crippen molar-refractivity contribution in [2.75, 3.05) is 0 Å². The lowest BCUT2D eigenvalue weighted by Gasteiger charge is -1.97. The summed E-state index contributed by atoms with van der Waals surface area (Å²) in [7, 11) is 0. The van der Waals surface area contributed by atoms with Gasteiger partial charge in [0.1, 0.15) is 0 Å². The van der Waals surface area contributed by atoms with Gasteiger partial charge in [-0.15, -0.1) is 14.9 Å². The molecular formula is C5H2Cl2N6O. The fourth-order valence-corrected chi connectivity index (χ4v) is 1.04. The van der Waals surface area contributed by atoms with Crippen molar-refractivity contribution in [3.8, 4) is 0 Å². The fourth-order valence-electron chi connectivity index (χ4n) is 0.781. The van der Waals surface area contributed by atoms with Gasteiger partial charge in [0.15, 0.2) is 10.3 Å². The number of hydrogen-bond donors (Lipinski definition) is 0. The molecule has 0 unspecified atom stereocenters. The zero-order valence-electron chi connectivity index (χ0n) is 6.50. The molecule has 2 aromatic rings. The minimum absolute atomic E-state index is 0.0415. The summed E-state index contributed by atoms with van der Waals surface area (Å²) < 4.78 is 1.77. The van der Waals surface area contributed by atoms with E-state index in [2.05, 4.69) is 20.6 Å². The molecule has 0 saturated carbocycles. The topological polar surface area (TPSA) is 78.5 Å². The highest BCUT2D eigenvalue weighted by Crippen LogP contribution is 2.17. The standard InChI is InChI=1S/C5H2Cl2N6O/c6-3-4(7)13(11-9-3)5(14)12-2-1-8-10-12/h1-2H. The van der Waals surface area contributed by atoms with E-state index in [1.54, 1.807) is 0 Å². The highest BCUT2D eigenvalue weighted by atomic mass is 35.5. The molecule has 0 aliphatic heterocycles. The third-order valence-corrected chi connectivity index (χ3v) is 2.07. The summed E-state index contributed by atoms with van der Waals surface area (Å²) in [6.07, 6.45) is 2.71. The summed E-state index contributed by atoms with van der Waals surface area (Å²) in [5.74, 6) is 0. The molecule has 0 aliphatic carbocycles. The van der Waals surface area contributed by atoms with Crippen LogP contribution in [0.25, 0.3) is 0 Å². The Balaban J connectivity index is 2.42. The van der Waals surface area contributed by atoms with Crippen molar-refractivity contribution in [2.24, 2.45) is 0 Å². The Morgan fingerprint density at radius 1 is 1.36 bits per heavy atom. The fraction of sp³-hybridized carbons (Fsp3) is 0. The number of hydrogen-bond acceptors (Lipinski definition) is 5. The van der Waals surface area contributed by atoms with Crippen LogP contribution in [0.5, 0.6) is 0 Å². The zero-order chi connectivity index (χ0) is 10.1. The Labute approximate surface area is 87.2 Å². The van der Waals surface area contributed by atoms with E-state index in [9.17, 15) is 4.79 Å². The monoisotopic (exact) mass is 232 g/mol. The van der Waals surface area contributed by atoms with Crippen LogP contribution in [-0.2, 0) is 0 Å². The van der Waals surface area contributed by atoms with E-state index < -0.39 is 6.03 Å². The lowest BCUT2D eigenvalue weighted by molar-refractivity contribution is 0.237. The minimum Gasteiger partial charge on any atom is -0.243 e. The highest BCUT2D eigenvalue weighted by Gasteiger charge is 2.16. The molecule has 14 heavy (non-hydrogen) atoms. The van der Waals surface area contributed by atoms with Crippen LogP contribution in [0.3, 0.4) is 0 Å². The molecule has 0 radical (unpaired) electrons. The molecule has 0 fully saturated rings. The molecule has 0 bridgehead atoms. The van der Waals surface area contributed by atoms with Gasteiger partial charge in [0.25, 0.3) is 0 Å². The molecule has 0 saturated heterocycles. The highest BCUT2D eigenvalue weighted by molar-refractivity contribution is 6.40. The van der Waals surface area contributed by atoms with Crippen LogP contribution in [0.15, 0.2) is 12.4 Å². The third-order valence-electron chi connectivity index (χ3n) is 1.38. The quantitative estimate of drug-likeness (QED) is 0.668. The molecule has 0 aromatic carbocycles. The number of aromatic nitrogens is 6. The second-order valence-electron chi connectivity index (χ2n) is 2.21. The van der Waals surface area contributed by atoms with Gasteiger partial charge in [-0.2, -0.15) is 4.68 Å². The van der Waals surface area contributed by atoms with Gasteiger partial charge in [0.2, 0.25) is 0 Å². The van der Waals surface area contributed by atoms with Gasteiger partial charge in [-0.1, -0.05) is 33.6 Å². The Kier molecular flexibility index (Phi) is 2.18. The lowest BCUT2D eigenvalue weighted by Crippen LogP contribution is -2.21. The molecule has 0 atom stereocenters. The number of carbonyl (C=O) groups is 1. The van der Waals surface area contributed by atoms with E-state index in [1.165, 1.54) is 12.4 Å². The molecule has 0 N–H and O–H groups in total. The van der Waals surface area contributed by atoms with Crippen LogP contribution in [0.1, 0.15) is 0 Å². The van der Waals surface area contributed by atoms with Crippen molar-refractivity contribution >= 4 is 29.2 Å². The average molecular weight is 233 g/mol. The summed E-state index contributed by atoms with van der Waals surface area (Å²) >= 11 is 11.2. The first-order valence-corrected chi connectivity index (χ1v) is 4.13. The maximum Gasteiger partial charge on any atom is 0.373 e. The van der Waals surface area contributed by atoms with Crippen molar-refractivity contribution < 1.29 is 4.79 Å². The first kappa shape index (κ1) is 9.10. The molecule has 0 amide bonds. The molecular weight excluding hydrogens is 231 g/mol. The Morgan fingerprint density at radius 3 is 2.64 bits per heavy atom. The van der Waals surface area contributed by atoms with Crippen LogP contribution < -0.4 is 0 Å². The van der Waals surface area contributed by atoms with Gasteiger partial charge < -0.3 is 0 Å². The molecule has 0 aliphatic rings. The number of nitrogens with zero attached hydrogens (tertiary/aromatic N) is 6. The molecule has 2 aromatic heterocycles. The van der Waals surface area contributed by atoms with Crippen LogP contribution in [-0.4, -0.2) is 36.0 Å². The van der Waals surface area contributed by atoms with Gasteiger partial charge in [-0.3, -0.25) is 0 Å². The van der Waals surface area contributed by atoms with Crippen molar-refractivity contribution in [3.63, 3.8) is 0 Å². The van der Waals surface area contributed by atoms with Crippen molar-refractivity contribution in [3.05, 3.63) is 22.7 Å². The van der Waals surface area contributed by atoms with Gasteiger partial charge in [-0.25, -0.2) is 4.79 Å². The molecule has 0 spiro atoms. The van der Waals surface area contributed by atoms with Crippen LogP contribution >= 0.6 is 23.2 Å². The number of carbonyl (C=O) groups excluding carboxylic acids is 1. The Hall–Kier alpha value is -1.47. The Bertz CT molecular complexity index is 463. The summed E-state index contributed by atoms with van der Waals surface area (Å²) in [4.78, 5) is 11.5. The van der Waals surface area contributed by atoms with Gasteiger partial charge in [0.05, 0.1) is 12.4 Å². The Morgan fingerprint density at radius 2 is 2.14 bits per heavy atom. The second kappa shape index (κ2) is 3.35. The van der Waals surface area contributed by atoms with Crippen LogP contribution in [0.4, 0.5) is 4.79 Å². The molecule has 7 nitrogen and oxygen atoms in total. The van der Waals surface area contributed by atoms with Crippen LogP contribution in [0, 0.1) is 0 Å². The van der Waals surface area contributed by atoms with E-state index in [4.69, 9.17) is 23.2 Å². The summed E-state index contributed by atoms with van der Waals surface area (Å²) in [6, 6.07) is -0.605. The zero-order valence-corrected chi connectivity index (χ0v) is 8.01. The summed E-state index contributed by atoms with van der Waals surface area (Å²) in [5, 5.41) is 13.7. The lowest BCUT2D eigenvalue weighted by atomic mass is 10.8. The van der Waals surface area contributed by atoms with E-state index in [1.807, 2.05) is 0 Å². The van der Waals surface area contributed by atoms with E-state index in [0.29, 0.717) is 0 Å². The van der Waals surface area contributed by atoms with Crippen molar-refractivity contribution in [2.45, 2.75) is 0 Å². The minimum atomic E-state index is -0.605. The maximum absolute atomic E-state index is 11.5. The summed E-state index contributed by atoms with van der Waals surface area (Å²) in [6.45, 7) is 0. The second-order valence-corrected chi connectivity index (χ2v) is 2.93. The average Bonchev–Trinajstić information content (AvgIpc) is 2.77. The maximum atomic E-state index is 11.5. The normalized spacial score (nSPS) is 10.4. The van der Waals surface area contributed by atoms with Gasteiger partial charge in [0, 0.05) is 0 Å². The smallest absolute Gasteiger partial charge is 0.243 e. The molecule has 2 rings (SSSR count). The van der Waals surface area contributed by atoms with Crippen LogP contribution in [0.2, 0.25) is 10.3 Å². The molecule has 9 heteroatoms. The van der Waals surface area contributed by atoms with E-state index >= 15 is 0 Å². The number of rotatable bonds is 0. The number of halogens is 2. The van der Waals surface area contributed by atoms with E-state index in [-0.39, 0.29) is 10.3 Å². The predicted molar refractivity (Wildman–Crippen MR) is 46.3 cm³/mol. The SMILES string of the molecule is O=C(n1ccnn1)n1nnc(Cl)c1Cl. The van der Waals surface area contributed by atoms with Gasteiger partial charge in [-0.05, 0) is 0 Å². The van der Waals surface area contributed by atoms with Gasteiger partial charge >= 0.3 is 6.03 Å². The molecule has 2 heterocycles. The van der Waals surface area contributed by atoms with Crippen molar-refractivity contribution in [1.29, 1.82) is 0 Å².